The van der Waals surface area contributed by atoms with Crippen molar-refractivity contribution >= 4 is 5.78 Å². The average molecular weight is 222 g/mol. The van der Waals surface area contributed by atoms with Gasteiger partial charge in [0.15, 0.2) is 11.6 Å². The molecule has 0 heterocycles. The fraction of sp³-hybridized carbons (Fsp3) is 0.308. The summed E-state index contributed by atoms with van der Waals surface area (Å²) in [6.45, 7) is 1.69. The average Bonchev–Trinajstić information content (AvgIpc) is 2.25. The molecule has 0 aromatic heterocycles. The van der Waals surface area contributed by atoms with Gasteiger partial charge >= 0.3 is 0 Å². The molecule has 0 unspecified atom stereocenters. The molecule has 0 N–H and O–H groups in total. The maximum absolute atomic E-state index is 13.2. The minimum absolute atomic E-state index is 0.0744. The van der Waals surface area contributed by atoms with Crippen LogP contribution in [0.4, 0.5) is 8.78 Å². The normalized spacial score (nSPS) is 9.44. The molecule has 0 fully saturated rings. The molecule has 0 radical (unpaired) electrons. The Morgan fingerprint density at radius 1 is 1.38 bits per heavy atom. The number of benzene rings is 1. The Morgan fingerprint density at radius 3 is 2.81 bits per heavy atom. The molecule has 0 saturated heterocycles. The number of halogens is 2. The molecule has 3 heteroatoms. The summed E-state index contributed by atoms with van der Waals surface area (Å²) in [5.41, 5.74) is 0.106. The number of hydrogen-bond acceptors (Lipinski definition) is 1. The number of ketones is 1. The second-order valence-corrected chi connectivity index (χ2v) is 3.36. The Bertz CT molecular complexity index is 441. The van der Waals surface area contributed by atoms with Crippen molar-refractivity contribution in [3.8, 4) is 11.8 Å². The smallest absolute Gasteiger partial charge is 0.162 e. The van der Waals surface area contributed by atoms with Gasteiger partial charge < -0.3 is 0 Å². The van der Waals surface area contributed by atoms with E-state index < -0.39 is 11.6 Å². The first kappa shape index (κ1) is 12.4. The van der Waals surface area contributed by atoms with Crippen molar-refractivity contribution in [2.45, 2.75) is 26.2 Å². The van der Waals surface area contributed by atoms with E-state index >= 15 is 0 Å². The Kier molecular flexibility index (Phi) is 4.65. The van der Waals surface area contributed by atoms with Crippen LogP contribution in [-0.2, 0) is 11.2 Å². The molecular weight excluding hydrogens is 210 g/mol. The van der Waals surface area contributed by atoms with Crippen LogP contribution in [0.1, 0.15) is 25.3 Å². The second-order valence-electron chi connectivity index (χ2n) is 3.36. The summed E-state index contributed by atoms with van der Waals surface area (Å²) in [5, 5.41) is 0. The lowest BCUT2D eigenvalue weighted by Crippen LogP contribution is -2.05. The first-order valence-electron chi connectivity index (χ1n) is 4.99. The summed E-state index contributed by atoms with van der Waals surface area (Å²) in [6, 6.07) is 3.85. The highest BCUT2D eigenvalue weighted by Gasteiger charge is 2.10. The molecule has 16 heavy (non-hydrogen) atoms. The van der Waals surface area contributed by atoms with Crippen molar-refractivity contribution in [3.05, 3.63) is 35.4 Å². The van der Waals surface area contributed by atoms with Crippen molar-refractivity contribution in [1.29, 1.82) is 0 Å². The van der Waals surface area contributed by atoms with Crippen LogP contribution in [-0.4, -0.2) is 5.78 Å². The van der Waals surface area contributed by atoms with E-state index in [2.05, 4.69) is 11.8 Å². The summed E-state index contributed by atoms with van der Waals surface area (Å²) in [5.74, 6) is 3.44. The summed E-state index contributed by atoms with van der Waals surface area (Å²) in [4.78, 5) is 11.4. The van der Waals surface area contributed by atoms with Crippen molar-refractivity contribution in [2.24, 2.45) is 0 Å². The maximum Gasteiger partial charge on any atom is 0.162 e. The quantitative estimate of drug-likeness (QED) is 0.716. The van der Waals surface area contributed by atoms with Crippen LogP contribution in [0.3, 0.4) is 0 Å². The zero-order chi connectivity index (χ0) is 12.0. The van der Waals surface area contributed by atoms with E-state index in [4.69, 9.17) is 0 Å². The summed E-state index contributed by atoms with van der Waals surface area (Å²) < 4.78 is 26.0. The molecule has 0 amide bonds. The Balaban J connectivity index is 2.61. The van der Waals surface area contributed by atoms with Gasteiger partial charge in [-0.15, -0.1) is 11.8 Å². The van der Waals surface area contributed by atoms with Gasteiger partial charge in [0.1, 0.15) is 5.78 Å². The standard InChI is InChI=1S/C13H12F2O/c1-2-3-4-7-11(16)9-10-6-5-8-12(14)13(10)15/h5-6,8H,4,7,9H2,1H3. The van der Waals surface area contributed by atoms with E-state index in [0.29, 0.717) is 6.42 Å². The first-order valence-corrected chi connectivity index (χ1v) is 4.99. The molecule has 0 atom stereocenters. The van der Waals surface area contributed by atoms with Gasteiger partial charge in [0, 0.05) is 19.3 Å². The lowest BCUT2D eigenvalue weighted by atomic mass is 10.1. The van der Waals surface area contributed by atoms with E-state index in [-0.39, 0.29) is 24.2 Å². The predicted molar refractivity (Wildman–Crippen MR) is 57.8 cm³/mol. The highest BCUT2D eigenvalue weighted by atomic mass is 19.2. The summed E-state index contributed by atoms with van der Waals surface area (Å²) in [6.07, 6.45) is 0.665. The van der Waals surface area contributed by atoms with E-state index in [1.165, 1.54) is 12.1 Å². The Labute approximate surface area is 93.5 Å². The van der Waals surface area contributed by atoms with Crippen LogP contribution in [0.2, 0.25) is 0 Å². The SMILES string of the molecule is CC#CCCC(=O)Cc1cccc(F)c1F. The van der Waals surface area contributed by atoms with Crippen LogP contribution >= 0.6 is 0 Å². The van der Waals surface area contributed by atoms with Gasteiger partial charge in [-0.1, -0.05) is 12.1 Å². The molecule has 1 aromatic rings. The van der Waals surface area contributed by atoms with Crippen LogP contribution in [0, 0.1) is 23.5 Å². The zero-order valence-corrected chi connectivity index (χ0v) is 9.02. The van der Waals surface area contributed by atoms with Gasteiger partial charge in [-0.3, -0.25) is 4.79 Å². The third kappa shape index (κ3) is 3.47. The fourth-order valence-electron chi connectivity index (χ4n) is 1.31. The molecular formula is C13H12F2O. The third-order valence-corrected chi connectivity index (χ3v) is 2.12. The molecule has 0 spiro atoms. The van der Waals surface area contributed by atoms with Crippen LogP contribution in [0.25, 0.3) is 0 Å². The summed E-state index contributed by atoms with van der Waals surface area (Å²) in [7, 11) is 0. The predicted octanol–water partition coefficient (Wildman–Crippen LogP) is 2.88. The van der Waals surface area contributed by atoms with Crippen LogP contribution < -0.4 is 0 Å². The largest absolute Gasteiger partial charge is 0.299 e. The first-order chi connectivity index (χ1) is 7.65. The lowest BCUT2D eigenvalue weighted by molar-refractivity contribution is -0.118. The molecule has 0 aliphatic rings. The molecule has 84 valence electrons. The van der Waals surface area contributed by atoms with E-state index in [1.54, 1.807) is 6.92 Å². The Hall–Kier alpha value is -1.69. The minimum atomic E-state index is -0.933. The molecule has 1 rings (SSSR count). The molecule has 0 saturated carbocycles. The van der Waals surface area contributed by atoms with Crippen LogP contribution in [0.15, 0.2) is 18.2 Å². The monoisotopic (exact) mass is 222 g/mol. The van der Waals surface area contributed by atoms with Crippen molar-refractivity contribution < 1.29 is 13.6 Å². The number of Topliss-reactive ketones (excluding diaryl/α,β-unsaturated/α-hetero) is 1. The molecule has 0 aliphatic heterocycles. The second kappa shape index (κ2) is 6.02. The van der Waals surface area contributed by atoms with E-state index in [9.17, 15) is 13.6 Å². The van der Waals surface area contributed by atoms with Gasteiger partial charge in [0.05, 0.1) is 0 Å². The fourth-order valence-corrected chi connectivity index (χ4v) is 1.31. The molecule has 0 bridgehead atoms. The van der Waals surface area contributed by atoms with Gasteiger partial charge in [-0.05, 0) is 18.6 Å². The lowest BCUT2D eigenvalue weighted by Gasteiger charge is -2.02. The number of hydrogen-bond donors (Lipinski definition) is 0. The third-order valence-electron chi connectivity index (χ3n) is 2.12. The van der Waals surface area contributed by atoms with E-state index in [0.717, 1.165) is 6.07 Å². The van der Waals surface area contributed by atoms with Gasteiger partial charge in [0.2, 0.25) is 0 Å². The zero-order valence-electron chi connectivity index (χ0n) is 9.02. The van der Waals surface area contributed by atoms with Crippen molar-refractivity contribution in [2.75, 3.05) is 0 Å². The van der Waals surface area contributed by atoms with Crippen molar-refractivity contribution in [1.82, 2.24) is 0 Å². The van der Waals surface area contributed by atoms with Gasteiger partial charge in [-0.25, -0.2) is 8.78 Å². The molecule has 0 aliphatic carbocycles. The number of rotatable bonds is 4. The summed E-state index contributed by atoms with van der Waals surface area (Å²) >= 11 is 0. The number of carbonyl (C=O) groups excluding carboxylic acids is 1. The highest BCUT2D eigenvalue weighted by molar-refractivity contribution is 5.81. The molecule has 1 aromatic carbocycles. The Morgan fingerprint density at radius 2 is 2.12 bits per heavy atom. The topological polar surface area (TPSA) is 17.1 Å². The maximum atomic E-state index is 13.2. The minimum Gasteiger partial charge on any atom is -0.299 e. The van der Waals surface area contributed by atoms with Gasteiger partial charge in [0.25, 0.3) is 0 Å². The van der Waals surface area contributed by atoms with Crippen LogP contribution in [0.5, 0.6) is 0 Å². The number of carbonyl (C=O) groups is 1. The highest BCUT2D eigenvalue weighted by Crippen LogP contribution is 2.12. The van der Waals surface area contributed by atoms with Gasteiger partial charge in [-0.2, -0.15) is 0 Å². The van der Waals surface area contributed by atoms with E-state index in [1.807, 2.05) is 0 Å². The molecule has 1 nitrogen and oxygen atoms in total. The van der Waals surface area contributed by atoms with Crippen molar-refractivity contribution in [3.63, 3.8) is 0 Å².